The minimum Gasteiger partial charge on any atom is -0.494 e. The van der Waals surface area contributed by atoms with Gasteiger partial charge in [0, 0.05) is 18.0 Å². The Morgan fingerprint density at radius 3 is 2.59 bits per heavy atom. The van der Waals surface area contributed by atoms with E-state index in [9.17, 15) is 4.79 Å². The zero-order valence-electron chi connectivity index (χ0n) is 10.2. The first kappa shape index (κ1) is 13.8. The highest BCUT2D eigenvalue weighted by molar-refractivity contribution is 6.18. The fourth-order valence-electron chi connectivity index (χ4n) is 1.29. The van der Waals surface area contributed by atoms with Crippen LogP contribution in [0.25, 0.3) is 0 Å². The molecule has 0 fully saturated rings. The molecule has 0 aliphatic carbocycles. The number of hydrogen-bond donors (Lipinski definition) is 1. The molecular weight excluding hydrogens is 238 g/mol. The number of benzene rings is 1. The molecule has 1 rings (SSSR count). The smallest absolute Gasteiger partial charge is 0.251 e. The van der Waals surface area contributed by atoms with E-state index in [2.05, 4.69) is 5.32 Å². The molecule has 1 amide bonds. The molecule has 17 heavy (non-hydrogen) atoms. The zero-order chi connectivity index (χ0) is 12.7. The van der Waals surface area contributed by atoms with Gasteiger partial charge in [-0.15, -0.1) is 11.6 Å². The first-order valence-corrected chi connectivity index (χ1v) is 6.27. The quantitative estimate of drug-likeness (QED) is 0.794. The molecule has 94 valence electrons. The lowest BCUT2D eigenvalue weighted by atomic mass is 10.2. The molecule has 0 aliphatic heterocycles. The van der Waals surface area contributed by atoms with E-state index >= 15 is 0 Å². The van der Waals surface area contributed by atoms with Crippen LogP contribution in [-0.2, 0) is 0 Å². The number of ether oxygens (including phenoxy) is 1. The lowest BCUT2D eigenvalue weighted by Crippen LogP contribution is -2.28. The number of carbonyl (C=O) groups is 1. The average molecular weight is 256 g/mol. The van der Waals surface area contributed by atoms with Crippen LogP contribution in [0.1, 0.15) is 24.2 Å². The SMILES string of the molecule is CCOc1ccc(C(=O)NCC(C)CCl)cc1. The zero-order valence-corrected chi connectivity index (χ0v) is 11.0. The fraction of sp³-hybridized carbons (Fsp3) is 0.462. The van der Waals surface area contributed by atoms with Gasteiger partial charge < -0.3 is 10.1 Å². The summed E-state index contributed by atoms with van der Waals surface area (Å²) in [4.78, 5) is 11.7. The summed E-state index contributed by atoms with van der Waals surface area (Å²) in [5.41, 5.74) is 0.634. The molecular formula is C13H18ClNO2. The van der Waals surface area contributed by atoms with Crippen LogP contribution in [0, 0.1) is 5.92 Å². The van der Waals surface area contributed by atoms with Crippen molar-refractivity contribution in [3.8, 4) is 5.75 Å². The monoisotopic (exact) mass is 255 g/mol. The number of nitrogens with one attached hydrogen (secondary N) is 1. The normalized spacial score (nSPS) is 11.9. The predicted molar refractivity (Wildman–Crippen MR) is 69.8 cm³/mol. The van der Waals surface area contributed by atoms with Crippen LogP contribution in [0.3, 0.4) is 0 Å². The second kappa shape index (κ2) is 7.17. The number of alkyl halides is 1. The Labute approximate surface area is 107 Å². The number of rotatable bonds is 6. The molecule has 0 aliphatic rings. The maximum atomic E-state index is 11.7. The van der Waals surface area contributed by atoms with Gasteiger partial charge in [0.05, 0.1) is 6.61 Å². The van der Waals surface area contributed by atoms with Gasteiger partial charge >= 0.3 is 0 Å². The molecule has 0 saturated heterocycles. The van der Waals surface area contributed by atoms with Crippen LogP contribution in [-0.4, -0.2) is 24.9 Å². The van der Waals surface area contributed by atoms with Gasteiger partial charge in [0.15, 0.2) is 0 Å². The van der Waals surface area contributed by atoms with Crippen molar-refractivity contribution in [1.29, 1.82) is 0 Å². The van der Waals surface area contributed by atoms with E-state index in [0.29, 0.717) is 24.6 Å². The summed E-state index contributed by atoms with van der Waals surface area (Å²) in [6.07, 6.45) is 0. The standard InChI is InChI=1S/C13H18ClNO2/c1-3-17-12-6-4-11(5-7-12)13(16)15-9-10(2)8-14/h4-7,10H,3,8-9H2,1-2H3,(H,15,16). The van der Waals surface area contributed by atoms with Crippen molar-refractivity contribution in [1.82, 2.24) is 5.32 Å². The summed E-state index contributed by atoms with van der Waals surface area (Å²) in [5.74, 6) is 1.52. The van der Waals surface area contributed by atoms with Gasteiger partial charge in [0.2, 0.25) is 0 Å². The highest BCUT2D eigenvalue weighted by Crippen LogP contribution is 2.12. The predicted octanol–water partition coefficient (Wildman–Crippen LogP) is 2.69. The Morgan fingerprint density at radius 1 is 1.41 bits per heavy atom. The highest BCUT2D eigenvalue weighted by Gasteiger charge is 2.07. The van der Waals surface area contributed by atoms with Gasteiger partial charge in [-0.3, -0.25) is 4.79 Å². The Hall–Kier alpha value is -1.22. The van der Waals surface area contributed by atoms with Gasteiger partial charge in [-0.2, -0.15) is 0 Å². The summed E-state index contributed by atoms with van der Waals surface area (Å²) >= 11 is 5.67. The van der Waals surface area contributed by atoms with Crippen molar-refractivity contribution in [2.75, 3.05) is 19.0 Å². The van der Waals surface area contributed by atoms with Crippen molar-refractivity contribution in [3.63, 3.8) is 0 Å². The summed E-state index contributed by atoms with van der Waals surface area (Å²) in [7, 11) is 0. The minimum atomic E-state index is -0.0787. The number of amides is 1. The Morgan fingerprint density at radius 2 is 2.06 bits per heavy atom. The molecule has 1 aromatic rings. The summed E-state index contributed by atoms with van der Waals surface area (Å²) in [5, 5.41) is 2.84. The lowest BCUT2D eigenvalue weighted by molar-refractivity contribution is 0.0949. The number of carbonyl (C=O) groups excluding carboxylic acids is 1. The van der Waals surface area contributed by atoms with Crippen LogP contribution >= 0.6 is 11.6 Å². The molecule has 3 nitrogen and oxygen atoms in total. The summed E-state index contributed by atoms with van der Waals surface area (Å²) in [6.45, 7) is 5.13. The maximum absolute atomic E-state index is 11.7. The van der Waals surface area contributed by atoms with Gasteiger partial charge in [-0.05, 0) is 37.1 Å². The van der Waals surface area contributed by atoms with Crippen LogP contribution < -0.4 is 10.1 Å². The number of halogens is 1. The van der Waals surface area contributed by atoms with Crippen LogP contribution in [0.5, 0.6) is 5.75 Å². The summed E-state index contributed by atoms with van der Waals surface area (Å²) < 4.78 is 5.31. The molecule has 1 atom stereocenters. The van der Waals surface area contributed by atoms with Gasteiger partial charge in [0.1, 0.15) is 5.75 Å². The molecule has 1 unspecified atom stereocenters. The van der Waals surface area contributed by atoms with E-state index < -0.39 is 0 Å². The van der Waals surface area contributed by atoms with Crippen molar-refractivity contribution in [2.24, 2.45) is 5.92 Å². The average Bonchev–Trinajstić information content (AvgIpc) is 2.36. The van der Waals surface area contributed by atoms with Crippen molar-refractivity contribution >= 4 is 17.5 Å². The molecule has 0 bridgehead atoms. The first-order chi connectivity index (χ1) is 8.17. The number of hydrogen-bond acceptors (Lipinski definition) is 2. The second-order valence-corrected chi connectivity index (χ2v) is 4.24. The molecule has 1 N–H and O–H groups in total. The largest absolute Gasteiger partial charge is 0.494 e. The summed E-state index contributed by atoms with van der Waals surface area (Å²) in [6, 6.07) is 7.10. The molecule has 4 heteroatoms. The van der Waals surface area contributed by atoms with E-state index in [-0.39, 0.29) is 11.8 Å². The molecule has 0 spiro atoms. The lowest BCUT2D eigenvalue weighted by Gasteiger charge is -2.09. The van der Waals surface area contributed by atoms with Crippen LogP contribution in [0.2, 0.25) is 0 Å². The Balaban J connectivity index is 2.51. The molecule has 0 heterocycles. The van der Waals surface area contributed by atoms with E-state index in [1.165, 1.54) is 0 Å². The van der Waals surface area contributed by atoms with Gasteiger partial charge in [-0.25, -0.2) is 0 Å². The second-order valence-electron chi connectivity index (χ2n) is 3.93. The van der Waals surface area contributed by atoms with E-state index in [1.54, 1.807) is 24.3 Å². The van der Waals surface area contributed by atoms with Crippen molar-refractivity contribution < 1.29 is 9.53 Å². The van der Waals surface area contributed by atoms with Crippen molar-refractivity contribution in [2.45, 2.75) is 13.8 Å². The Kier molecular flexibility index (Phi) is 5.84. The third kappa shape index (κ3) is 4.65. The molecule has 1 aromatic carbocycles. The van der Waals surface area contributed by atoms with Gasteiger partial charge in [-0.1, -0.05) is 6.92 Å². The van der Waals surface area contributed by atoms with Gasteiger partial charge in [0.25, 0.3) is 5.91 Å². The maximum Gasteiger partial charge on any atom is 0.251 e. The van der Waals surface area contributed by atoms with Crippen LogP contribution in [0.4, 0.5) is 0 Å². The third-order valence-electron chi connectivity index (χ3n) is 2.30. The fourth-order valence-corrected chi connectivity index (χ4v) is 1.40. The van der Waals surface area contributed by atoms with E-state index in [4.69, 9.17) is 16.3 Å². The molecule has 0 radical (unpaired) electrons. The highest BCUT2D eigenvalue weighted by atomic mass is 35.5. The van der Waals surface area contributed by atoms with E-state index in [0.717, 1.165) is 5.75 Å². The molecule has 0 saturated carbocycles. The topological polar surface area (TPSA) is 38.3 Å². The van der Waals surface area contributed by atoms with E-state index in [1.807, 2.05) is 13.8 Å². The first-order valence-electron chi connectivity index (χ1n) is 5.74. The molecule has 0 aromatic heterocycles. The van der Waals surface area contributed by atoms with Crippen LogP contribution in [0.15, 0.2) is 24.3 Å². The van der Waals surface area contributed by atoms with Crippen molar-refractivity contribution in [3.05, 3.63) is 29.8 Å². The minimum absolute atomic E-state index is 0.0787. The third-order valence-corrected chi connectivity index (χ3v) is 2.83. The Bertz CT molecular complexity index is 351.